The van der Waals surface area contributed by atoms with Crippen molar-refractivity contribution in [3.05, 3.63) is 89.6 Å². The molecule has 1 heterocycles. The van der Waals surface area contributed by atoms with Gasteiger partial charge in [0.05, 0.1) is 25.3 Å². The van der Waals surface area contributed by atoms with Crippen LogP contribution < -0.4 is 9.64 Å². The SMILES string of the molecule is COc1ccc(-c2ccc(CN(C(=O)CC(C)(C)C)c3nccc4cc(C#N)ccc34)cc2)cc1C. The van der Waals surface area contributed by atoms with Gasteiger partial charge in [-0.2, -0.15) is 5.26 Å². The Bertz CT molecular complexity index is 1440. The molecular formula is C31H31N3O2. The van der Waals surface area contributed by atoms with Crippen molar-refractivity contribution in [3.63, 3.8) is 0 Å². The molecule has 0 N–H and O–H groups in total. The minimum atomic E-state index is -0.163. The molecule has 4 aromatic rings. The maximum absolute atomic E-state index is 13.5. The van der Waals surface area contributed by atoms with Gasteiger partial charge in [0.25, 0.3) is 0 Å². The van der Waals surface area contributed by atoms with Crippen LogP contribution in [0.15, 0.2) is 72.9 Å². The van der Waals surface area contributed by atoms with Gasteiger partial charge in [0, 0.05) is 18.0 Å². The molecule has 3 aromatic carbocycles. The van der Waals surface area contributed by atoms with Gasteiger partial charge in [0.1, 0.15) is 11.6 Å². The number of carbonyl (C=O) groups excluding carboxylic acids is 1. The maximum atomic E-state index is 13.5. The van der Waals surface area contributed by atoms with E-state index in [2.05, 4.69) is 68.2 Å². The van der Waals surface area contributed by atoms with E-state index >= 15 is 0 Å². The number of nitriles is 1. The van der Waals surface area contributed by atoms with E-state index in [0.29, 0.717) is 24.3 Å². The van der Waals surface area contributed by atoms with Crippen LogP contribution in [0.25, 0.3) is 21.9 Å². The van der Waals surface area contributed by atoms with Gasteiger partial charge in [-0.05, 0) is 76.4 Å². The second kappa shape index (κ2) is 10.2. The lowest BCUT2D eigenvalue weighted by molar-refractivity contribution is -0.120. The molecule has 0 saturated heterocycles. The van der Waals surface area contributed by atoms with E-state index in [-0.39, 0.29) is 11.3 Å². The Morgan fingerprint density at radius 2 is 1.72 bits per heavy atom. The number of anilines is 1. The minimum Gasteiger partial charge on any atom is -0.496 e. The Morgan fingerprint density at radius 1 is 1.00 bits per heavy atom. The zero-order valence-electron chi connectivity index (χ0n) is 21.5. The molecule has 182 valence electrons. The number of hydrogen-bond acceptors (Lipinski definition) is 4. The van der Waals surface area contributed by atoms with Crippen LogP contribution in [0.5, 0.6) is 5.75 Å². The molecule has 0 aliphatic heterocycles. The van der Waals surface area contributed by atoms with E-state index in [1.54, 1.807) is 24.3 Å². The van der Waals surface area contributed by atoms with Crippen molar-refractivity contribution in [1.82, 2.24) is 4.98 Å². The van der Waals surface area contributed by atoms with Crippen LogP contribution in [0.3, 0.4) is 0 Å². The fourth-order valence-corrected chi connectivity index (χ4v) is 4.32. The first-order valence-electron chi connectivity index (χ1n) is 12.0. The van der Waals surface area contributed by atoms with Crippen LogP contribution in [-0.2, 0) is 11.3 Å². The first-order valence-corrected chi connectivity index (χ1v) is 12.0. The molecule has 0 atom stereocenters. The van der Waals surface area contributed by atoms with E-state index in [4.69, 9.17) is 4.74 Å². The second-order valence-corrected chi connectivity index (χ2v) is 10.3. The predicted molar refractivity (Wildman–Crippen MR) is 145 cm³/mol. The highest BCUT2D eigenvalue weighted by Gasteiger charge is 2.25. The molecule has 0 aliphatic carbocycles. The lowest BCUT2D eigenvalue weighted by Crippen LogP contribution is -2.34. The van der Waals surface area contributed by atoms with Crippen LogP contribution in [-0.4, -0.2) is 18.0 Å². The van der Waals surface area contributed by atoms with Crippen molar-refractivity contribution in [3.8, 4) is 22.9 Å². The summed E-state index contributed by atoms with van der Waals surface area (Å²) in [6.07, 6.45) is 2.09. The number of ether oxygens (including phenoxy) is 1. The van der Waals surface area contributed by atoms with Crippen LogP contribution in [0.2, 0.25) is 0 Å². The number of methoxy groups -OCH3 is 1. The zero-order valence-corrected chi connectivity index (χ0v) is 21.5. The molecule has 5 nitrogen and oxygen atoms in total. The third-order valence-corrected chi connectivity index (χ3v) is 6.13. The summed E-state index contributed by atoms with van der Waals surface area (Å²) < 4.78 is 5.38. The summed E-state index contributed by atoms with van der Waals surface area (Å²) in [5.41, 5.74) is 4.73. The number of pyridine rings is 1. The maximum Gasteiger partial charge on any atom is 0.229 e. The second-order valence-electron chi connectivity index (χ2n) is 10.3. The predicted octanol–water partition coefficient (Wildman–Crippen LogP) is 7.06. The number of aromatic nitrogens is 1. The summed E-state index contributed by atoms with van der Waals surface area (Å²) in [6.45, 7) is 8.62. The van der Waals surface area contributed by atoms with E-state index in [1.165, 1.54) is 0 Å². The Kier molecular flexibility index (Phi) is 7.07. The fourth-order valence-electron chi connectivity index (χ4n) is 4.32. The molecule has 36 heavy (non-hydrogen) atoms. The zero-order chi connectivity index (χ0) is 25.9. The van der Waals surface area contributed by atoms with Crippen molar-refractivity contribution in [2.24, 2.45) is 5.41 Å². The van der Waals surface area contributed by atoms with Gasteiger partial charge in [-0.3, -0.25) is 9.69 Å². The number of rotatable bonds is 6. The standard InChI is InChI=1S/C31H31N3O2/c1-21-16-25(11-13-28(21)36-5)24-9-6-22(7-10-24)20-34(29(35)18-31(2,3)4)30-27-12-8-23(19-32)17-26(27)14-15-33-30/h6-17H,18,20H2,1-5H3. The number of hydrogen-bond donors (Lipinski definition) is 0. The molecular weight excluding hydrogens is 446 g/mol. The van der Waals surface area contributed by atoms with Crippen molar-refractivity contribution in [2.45, 2.75) is 40.7 Å². The summed E-state index contributed by atoms with van der Waals surface area (Å²) >= 11 is 0. The number of carbonyl (C=O) groups is 1. The molecule has 4 rings (SSSR count). The molecule has 0 fully saturated rings. The molecule has 0 spiro atoms. The summed E-state index contributed by atoms with van der Waals surface area (Å²) in [4.78, 5) is 19.9. The third kappa shape index (κ3) is 5.55. The van der Waals surface area contributed by atoms with E-state index in [9.17, 15) is 10.1 Å². The van der Waals surface area contributed by atoms with Gasteiger partial charge in [-0.15, -0.1) is 0 Å². The van der Waals surface area contributed by atoms with Gasteiger partial charge in [0.2, 0.25) is 5.91 Å². The molecule has 0 aliphatic rings. The van der Waals surface area contributed by atoms with Crippen LogP contribution >= 0.6 is 0 Å². The quantitative estimate of drug-likeness (QED) is 0.298. The van der Waals surface area contributed by atoms with Crippen molar-refractivity contribution < 1.29 is 9.53 Å². The molecule has 0 radical (unpaired) electrons. The number of amides is 1. The summed E-state index contributed by atoms with van der Waals surface area (Å²) in [5.74, 6) is 1.50. The monoisotopic (exact) mass is 477 g/mol. The molecule has 1 aromatic heterocycles. The van der Waals surface area contributed by atoms with Crippen molar-refractivity contribution in [2.75, 3.05) is 12.0 Å². The molecule has 5 heteroatoms. The molecule has 0 unspecified atom stereocenters. The smallest absolute Gasteiger partial charge is 0.229 e. The topological polar surface area (TPSA) is 66.2 Å². The average Bonchev–Trinajstić information content (AvgIpc) is 2.86. The van der Waals surface area contributed by atoms with Crippen molar-refractivity contribution in [1.29, 1.82) is 5.26 Å². The number of aryl methyl sites for hydroxylation is 1. The summed E-state index contributed by atoms with van der Waals surface area (Å²) in [6, 6.07) is 24.0. The Morgan fingerprint density at radius 3 is 2.36 bits per heavy atom. The van der Waals surface area contributed by atoms with Crippen LogP contribution in [0.1, 0.15) is 43.9 Å². The van der Waals surface area contributed by atoms with Crippen molar-refractivity contribution >= 4 is 22.5 Å². The van der Waals surface area contributed by atoms with Gasteiger partial charge in [-0.1, -0.05) is 51.1 Å². The van der Waals surface area contributed by atoms with E-state index < -0.39 is 0 Å². The minimum absolute atomic E-state index is 0.0155. The normalized spacial score (nSPS) is 11.2. The fraction of sp³-hybridized carbons (Fsp3) is 0.258. The number of fused-ring (bicyclic) bond motifs is 1. The Labute approximate surface area is 213 Å². The first-order chi connectivity index (χ1) is 17.2. The van der Waals surface area contributed by atoms with Crippen LogP contribution in [0, 0.1) is 23.7 Å². The molecule has 0 saturated carbocycles. The number of nitrogens with zero attached hydrogens (tertiary/aromatic N) is 3. The summed E-state index contributed by atoms with van der Waals surface area (Å²) in [7, 11) is 1.68. The molecule has 0 bridgehead atoms. The lowest BCUT2D eigenvalue weighted by atomic mass is 9.91. The average molecular weight is 478 g/mol. The first kappa shape index (κ1) is 24.9. The van der Waals surface area contributed by atoms with Gasteiger partial charge >= 0.3 is 0 Å². The highest BCUT2D eigenvalue weighted by atomic mass is 16.5. The Balaban J connectivity index is 1.69. The lowest BCUT2D eigenvalue weighted by Gasteiger charge is -2.27. The van der Waals surface area contributed by atoms with Gasteiger partial charge in [-0.25, -0.2) is 4.98 Å². The third-order valence-electron chi connectivity index (χ3n) is 6.13. The van der Waals surface area contributed by atoms with Gasteiger partial charge < -0.3 is 4.74 Å². The van der Waals surface area contributed by atoms with Gasteiger partial charge in [0.15, 0.2) is 0 Å². The molecule has 1 amide bonds. The largest absolute Gasteiger partial charge is 0.496 e. The van der Waals surface area contributed by atoms with E-state index in [1.807, 2.05) is 31.2 Å². The number of benzene rings is 3. The Hall–Kier alpha value is -4.17. The van der Waals surface area contributed by atoms with Crippen LogP contribution in [0.4, 0.5) is 5.82 Å². The summed E-state index contributed by atoms with van der Waals surface area (Å²) in [5, 5.41) is 11.0. The van der Waals surface area contributed by atoms with E-state index in [0.717, 1.165) is 38.8 Å². The highest BCUT2D eigenvalue weighted by molar-refractivity contribution is 6.02. The highest BCUT2D eigenvalue weighted by Crippen LogP contribution is 2.31.